The van der Waals surface area contributed by atoms with Crippen LogP contribution in [0.1, 0.15) is 22.3 Å². The van der Waals surface area contributed by atoms with Crippen molar-refractivity contribution in [3.63, 3.8) is 0 Å². The van der Waals surface area contributed by atoms with E-state index < -0.39 is 0 Å². The monoisotopic (exact) mass is 382 g/mol. The molecule has 1 aliphatic carbocycles. The number of hydrogen-bond acceptors (Lipinski definition) is 5. The number of ether oxygens (including phenoxy) is 2. The van der Waals surface area contributed by atoms with Crippen molar-refractivity contribution in [1.29, 1.82) is 0 Å². The predicted octanol–water partition coefficient (Wildman–Crippen LogP) is 5.23. The van der Waals surface area contributed by atoms with E-state index in [-0.39, 0.29) is 5.78 Å². The molecule has 1 aliphatic rings. The molecule has 0 fully saturated rings. The highest BCUT2D eigenvalue weighted by Gasteiger charge is 2.20. The molecule has 5 rings (SSSR count). The Bertz CT molecular complexity index is 1230. The van der Waals surface area contributed by atoms with E-state index in [1.807, 2.05) is 66.7 Å². The lowest BCUT2D eigenvalue weighted by molar-refractivity contribution is 0.0994. The molecule has 3 aromatic carbocycles. The van der Waals surface area contributed by atoms with E-state index in [0.717, 1.165) is 45.3 Å². The molecule has 0 aliphatic heterocycles. The first-order valence-electron chi connectivity index (χ1n) is 9.47. The Morgan fingerprint density at radius 3 is 2.38 bits per heavy atom. The second-order valence-electron chi connectivity index (χ2n) is 6.97. The van der Waals surface area contributed by atoms with Crippen molar-refractivity contribution in [2.45, 2.75) is 12.8 Å². The highest BCUT2D eigenvalue weighted by molar-refractivity contribution is 6.00. The third-order valence-corrected chi connectivity index (χ3v) is 5.23. The van der Waals surface area contributed by atoms with E-state index in [2.05, 4.69) is 10.2 Å². The fourth-order valence-electron chi connectivity index (χ4n) is 3.72. The van der Waals surface area contributed by atoms with Crippen LogP contribution in [-0.4, -0.2) is 23.1 Å². The maximum atomic E-state index is 11.9. The topological polar surface area (TPSA) is 61.3 Å². The Morgan fingerprint density at radius 2 is 1.59 bits per heavy atom. The minimum absolute atomic E-state index is 0.195. The average Bonchev–Trinajstić information content (AvgIpc) is 3.14. The molecule has 0 saturated carbocycles. The molecule has 1 heterocycles. The molecule has 0 atom stereocenters. The van der Waals surface area contributed by atoms with Crippen LogP contribution >= 0.6 is 0 Å². The molecule has 1 aromatic heterocycles. The number of methoxy groups -OCH3 is 1. The van der Waals surface area contributed by atoms with Crippen LogP contribution in [0.5, 0.6) is 17.4 Å². The quantitative estimate of drug-likeness (QED) is 0.484. The van der Waals surface area contributed by atoms with E-state index in [0.29, 0.717) is 18.1 Å². The maximum absolute atomic E-state index is 11.9. The van der Waals surface area contributed by atoms with Gasteiger partial charge >= 0.3 is 0 Å². The number of aryl methyl sites for hydroxylation is 1. The first-order chi connectivity index (χ1) is 14.2. The summed E-state index contributed by atoms with van der Waals surface area (Å²) in [4.78, 5) is 11.9. The average molecular weight is 382 g/mol. The molecule has 29 heavy (non-hydrogen) atoms. The SMILES string of the molecule is COc1ccc(-c2nnc(Oc3ccc4c(c3)CCC4=O)c3ccccc23)cc1. The first-order valence-corrected chi connectivity index (χ1v) is 9.47. The van der Waals surface area contributed by atoms with Gasteiger partial charge in [0.1, 0.15) is 17.2 Å². The van der Waals surface area contributed by atoms with Crippen LogP contribution in [-0.2, 0) is 6.42 Å². The molecular weight excluding hydrogens is 364 g/mol. The van der Waals surface area contributed by atoms with E-state index in [9.17, 15) is 4.79 Å². The zero-order valence-corrected chi connectivity index (χ0v) is 15.9. The van der Waals surface area contributed by atoms with Gasteiger partial charge < -0.3 is 9.47 Å². The van der Waals surface area contributed by atoms with Crippen molar-refractivity contribution in [3.05, 3.63) is 77.9 Å². The maximum Gasteiger partial charge on any atom is 0.246 e. The Kier molecular flexibility index (Phi) is 4.21. The summed E-state index contributed by atoms with van der Waals surface area (Å²) in [6.45, 7) is 0. The van der Waals surface area contributed by atoms with Crippen molar-refractivity contribution in [1.82, 2.24) is 10.2 Å². The first kappa shape index (κ1) is 17.4. The fourth-order valence-corrected chi connectivity index (χ4v) is 3.72. The van der Waals surface area contributed by atoms with Crippen LogP contribution in [0.15, 0.2) is 66.7 Å². The van der Waals surface area contributed by atoms with E-state index >= 15 is 0 Å². The molecule has 5 heteroatoms. The van der Waals surface area contributed by atoms with Gasteiger partial charge in [-0.15, -0.1) is 10.2 Å². The van der Waals surface area contributed by atoms with Crippen LogP contribution in [0.3, 0.4) is 0 Å². The van der Waals surface area contributed by atoms with E-state index in [1.54, 1.807) is 7.11 Å². The van der Waals surface area contributed by atoms with Gasteiger partial charge in [-0.1, -0.05) is 18.2 Å². The van der Waals surface area contributed by atoms with Crippen LogP contribution in [0.4, 0.5) is 0 Å². The van der Waals surface area contributed by atoms with Gasteiger partial charge in [0.05, 0.1) is 7.11 Å². The molecule has 0 amide bonds. The number of carbonyl (C=O) groups excluding carboxylic acids is 1. The summed E-state index contributed by atoms with van der Waals surface area (Å²) in [7, 11) is 1.64. The van der Waals surface area contributed by atoms with Gasteiger partial charge in [0.15, 0.2) is 5.78 Å². The summed E-state index contributed by atoms with van der Waals surface area (Å²) in [6.07, 6.45) is 1.33. The van der Waals surface area contributed by atoms with Gasteiger partial charge in [0.2, 0.25) is 5.88 Å². The Balaban J connectivity index is 1.55. The lowest BCUT2D eigenvalue weighted by Crippen LogP contribution is -1.97. The van der Waals surface area contributed by atoms with Crippen LogP contribution in [0, 0.1) is 0 Å². The van der Waals surface area contributed by atoms with Gasteiger partial charge in [0, 0.05) is 28.3 Å². The highest BCUT2D eigenvalue weighted by atomic mass is 16.5. The fraction of sp³-hybridized carbons (Fsp3) is 0.125. The van der Waals surface area contributed by atoms with Crippen molar-refractivity contribution < 1.29 is 14.3 Å². The molecule has 142 valence electrons. The summed E-state index contributed by atoms with van der Waals surface area (Å²) in [5.41, 5.74) is 3.56. The number of ketones is 1. The van der Waals surface area contributed by atoms with E-state index in [1.165, 1.54) is 0 Å². The molecular formula is C24H18N2O3. The number of carbonyl (C=O) groups is 1. The molecule has 0 N–H and O–H groups in total. The molecule has 0 unspecified atom stereocenters. The normalized spacial score (nSPS) is 12.8. The number of Topliss-reactive ketones (excluding diaryl/α,β-unsaturated/α-hetero) is 1. The minimum atomic E-state index is 0.195. The highest BCUT2D eigenvalue weighted by Crippen LogP contribution is 2.34. The largest absolute Gasteiger partial charge is 0.497 e. The number of nitrogens with zero attached hydrogens (tertiary/aromatic N) is 2. The standard InChI is InChI=1S/C24H18N2O3/c1-28-17-9-6-15(7-10-17)23-20-4-2-3-5-21(20)24(26-25-23)29-18-11-12-19-16(14-18)8-13-22(19)27/h2-7,9-12,14H,8,13H2,1H3. The van der Waals surface area contributed by atoms with Gasteiger partial charge in [-0.3, -0.25) is 4.79 Å². The molecule has 0 saturated heterocycles. The molecule has 4 aromatic rings. The Hall–Kier alpha value is -3.73. The number of hydrogen-bond donors (Lipinski definition) is 0. The van der Waals surface area contributed by atoms with Crippen molar-refractivity contribution in [3.8, 4) is 28.6 Å². The van der Waals surface area contributed by atoms with Gasteiger partial charge in [0.25, 0.3) is 0 Å². The van der Waals surface area contributed by atoms with Crippen LogP contribution in [0.2, 0.25) is 0 Å². The number of fused-ring (bicyclic) bond motifs is 2. The molecule has 0 bridgehead atoms. The van der Waals surface area contributed by atoms with Gasteiger partial charge in [-0.2, -0.15) is 0 Å². The van der Waals surface area contributed by atoms with Crippen LogP contribution in [0.25, 0.3) is 22.0 Å². The Labute approximate surface area is 167 Å². The lowest BCUT2D eigenvalue weighted by atomic mass is 10.0. The second-order valence-corrected chi connectivity index (χ2v) is 6.97. The van der Waals surface area contributed by atoms with Crippen molar-refractivity contribution in [2.75, 3.05) is 7.11 Å². The number of benzene rings is 3. The second kappa shape index (κ2) is 7.02. The predicted molar refractivity (Wildman–Crippen MR) is 111 cm³/mol. The van der Waals surface area contributed by atoms with Gasteiger partial charge in [-0.05, 0) is 60.5 Å². The lowest BCUT2D eigenvalue weighted by Gasteiger charge is -2.11. The smallest absolute Gasteiger partial charge is 0.246 e. The third-order valence-electron chi connectivity index (χ3n) is 5.23. The molecule has 0 spiro atoms. The van der Waals surface area contributed by atoms with Crippen LogP contribution < -0.4 is 9.47 Å². The summed E-state index contributed by atoms with van der Waals surface area (Å²) < 4.78 is 11.3. The zero-order chi connectivity index (χ0) is 19.8. The summed E-state index contributed by atoms with van der Waals surface area (Å²) in [6, 6.07) is 21.2. The number of rotatable bonds is 4. The number of aromatic nitrogens is 2. The molecule has 0 radical (unpaired) electrons. The van der Waals surface area contributed by atoms with Gasteiger partial charge in [-0.25, -0.2) is 0 Å². The Morgan fingerprint density at radius 1 is 0.828 bits per heavy atom. The van der Waals surface area contributed by atoms with E-state index in [4.69, 9.17) is 9.47 Å². The third kappa shape index (κ3) is 3.10. The van der Waals surface area contributed by atoms with Crippen molar-refractivity contribution >= 4 is 16.6 Å². The molecule has 5 nitrogen and oxygen atoms in total. The summed E-state index contributed by atoms with van der Waals surface area (Å²) in [5.74, 6) is 2.10. The summed E-state index contributed by atoms with van der Waals surface area (Å²) in [5, 5.41) is 10.6. The summed E-state index contributed by atoms with van der Waals surface area (Å²) >= 11 is 0. The zero-order valence-electron chi connectivity index (χ0n) is 15.9. The minimum Gasteiger partial charge on any atom is -0.497 e. The van der Waals surface area contributed by atoms with Crippen molar-refractivity contribution in [2.24, 2.45) is 0 Å².